The molecule has 0 bridgehead atoms. The summed E-state index contributed by atoms with van der Waals surface area (Å²) in [5, 5.41) is 32.3. The number of hydrogen-bond acceptors (Lipinski definition) is 4. The maximum atomic E-state index is 8.07. The molecule has 0 amide bonds. The van der Waals surface area contributed by atoms with E-state index in [0.717, 1.165) is 51.4 Å². The minimum absolute atomic E-state index is 0. The van der Waals surface area contributed by atoms with E-state index in [1.54, 1.807) is 0 Å². The third-order valence-corrected chi connectivity index (χ3v) is 2.05. The van der Waals surface area contributed by atoms with E-state index in [0.29, 0.717) is 26.4 Å². The Kier molecular flexibility index (Phi) is 100. The molecule has 0 aliphatic carbocycles. The van der Waals surface area contributed by atoms with E-state index in [1.807, 2.05) is 0 Å². The van der Waals surface area contributed by atoms with E-state index >= 15 is 0 Å². The zero-order valence-corrected chi connectivity index (χ0v) is 18.9. The molecule has 5 heteroatoms. The Balaban J connectivity index is -0.0000000376. The number of rotatable bonds is 8. The minimum atomic E-state index is 0. The fourth-order valence-corrected chi connectivity index (χ4v) is 0.632. The second-order valence-corrected chi connectivity index (χ2v) is 4.31. The Morgan fingerprint density at radius 3 is 0.591 bits per heavy atom. The third-order valence-electron chi connectivity index (χ3n) is 2.05. The molecule has 0 aromatic rings. The van der Waals surface area contributed by atoms with Crippen molar-refractivity contribution in [1.29, 1.82) is 0 Å². The summed E-state index contributed by atoms with van der Waals surface area (Å²) < 4.78 is 0. The maximum Gasteiger partial charge on any atom is 0.0430 e. The molecule has 0 aromatic heterocycles. The van der Waals surface area contributed by atoms with Crippen molar-refractivity contribution >= 4 is 0 Å². The Bertz CT molecular complexity index is 74.7. The Morgan fingerprint density at radius 2 is 0.591 bits per heavy atom. The topological polar surface area (TPSA) is 80.9 Å². The molecule has 0 unspecified atom stereocenters. The van der Waals surface area contributed by atoms with Crippen molar-refractivity contribution in [1.82, 2.24) is 0 Å². The molecule has 0 aliphatic heterocycles. The first-order valence-electron chi connectivity index (χ1n) is 8.09. The zero-order chi connectivity index (χ0) is 16.5. The van der Waals surface area contributed by atoms with Gasteiger partial charge in [-0.3, -0.25) is 0 Å². The molecule has 0 aromatic carbocycles. The first-order chi connectivity index (χ1) is 9.66. The van der Waals surface area contributed by atoms with Crippen LogP contribution in [0.5, 0.6) is 0 Å². The molecule has 0 rings (SSSR count). The van der Waals surface area contributed by atoms with Gasteiger partial charge in [0, 0.05) is 48.8 Å². The minimum Gasteiger partial charge on any atom is -0.396 e. The Hall–Kier alpha value is 0.580. The summed E-state index contributed by atoms with van der Waals surface area (Å²) in [7, 11) is 0. The first kappa shape index (κ1) is 38.3. The molecule has 0 heterocycles. The van der Waals surface area contributed by atoms with Crippen molar-refractivity contribution in [3.63, 3.8) is 0 Å². The van der Waals surface area contributed by atoms with Crippen LogP contribution in [0, 0.1) is 7.43 Å². The van der Waals surface area contributed by atoms with Crippen LogP contribution in [-0.4, -0.2) is 46.9 Å². The second kappa shape index (κ2) is 57.8. The smallest absolute Gasteiger partial charge is 0.0430 e. The van der Waals surface area contributed by atoms with Gasteiger partial charge in [-0.15, -0.1) is 0 Å². The van der Waals surface area contributed by atoms with Crippen LogP contribution in [0.1, 0.15) is 79.1 Å². The van der Waals surface area contributed by atoms with Gasteiger partial charge in [0.1, 0.15) is 0 Å². The van der Waals surface area contributed by atoms with Gasteiger partial charge >= 0.3 is 0 Å². The van der Waals surface area contributed by atoms with E-state index in [1.165, 1.54) is 0 Å². The average Bonchev–Trinajstić information content (AvgIpc) is 2.44. The summed E-state index contributed by atoms with van der Waals surface area (Å²) >= 11 is 0. The summed E-state index contributed by atoms with van der Waals surface area (Å²) in [6.45, 7) is 9.58. The molecule has 0 saturated carbocycles. The number of hydrogen-bond donors (Lipinski definition) is 4. The first-order valence-corrected chi connectivity index (χ1v) is 8.09. The van der Waals surface area contributed by atoms with E-state index in [2.05, 4.69) is 27.7 Å². The van der Waals surface area contributed by atoms with Gasteiger partial charge in [0.15, 0.2) is 0 Å². The summed E-state index contributed by atoms with van der Waals surface area (Å²) in [6, 6.07) is 0. The van der Waals surface area contributed by atoms with Crippen molar-refractivity contribution < 1.29 is 42.8 Å². The van der Waals surface area contributed by atoms with Gasteiger partial charge in [0.2, 0.25) is 0 Å². The normalized spacial score (nSPS) is 7.64. The van der Waals surface area contributed by atoms with Crippen LogP contribution < -0.4 is 0 Å². The van der Waals surface area contributed by atoms with Crippen LogP contribution in [0.15, 0.2) is 0 Å². The zero-order valence-electron chi connectivity index (χ0n) is 15.7. The summed E-state index contributed by atoms with van der Waals surface area (Å²) in [4.78, 5) is 0. The molecular formula is C17H43O4Ta-. The average molecular weight is 492 g/mol. The predicted molar refractivity (Wildman–Crippen MR) is 94.4 cm³/mol. The summed E-state index contributed by atoms with van der Waals surface area (Å²) in [5.41, 5.74) is 0. The number of unbranched alkanes of at least 4 members (excludes halogenated alkanes) is 4. The van der Waals surface area contributed by atoms with E-state index in [4.69, 9.17) is 20.4 Å². The quantitative estimate of drug-likeness (QED) is 0.391. The molecule has 0 atom stereocenters. The van der Waals surface area contributed by atoms with Crippen molar-refractivity contribution in [3.8, 4) is 0 Å². The van der Waals surface area contributed by atoms with Crippen LogP contribution >= 0.6 is 0 Å². The van der Waals surface area contributed by atoms with Crippen LogP contribution in [0.4, 0.5) is 0 Å². The molecule has 141 valence electrons. The van der Waals surface area contributed by atoms with Gasteiger partial charge in [-0.1, -0.05) is 53.4 Å². The number of aliphatic hydroxyl groups excluding tert-OH is 4. The summed E-state index contributed by atoms with van der Waals surface area (Å²) in [5.74, 6) is 0. The van der Waals surface area contributed by atoms with Crippen molar-refractivity contribution in [2.75, 3.05) is 26.4 Å². The molecule has 1 radical (unpaired) electrons. The van der Waals surface area contributed by atoms with Crippen LogP contribution in [0.25, 0.3) is 0 Å². The Morgan fingerprint density at radius 1 is 0.455 bits per heavy atom. The third kappa shape index (κ3) is 107. The van der Waals surface area contributed by atoms with Gasteiger partial charge in [-0.25, -0.2) is 0 Å². The molecule has 0 saturated heterocycles. The standard InChI is InChI=1S/4C4H10O.CH3.Ta/c4*1-2-3-4-5;;/h4*5H,2-4H2,1H3;1H3;/q;;;;-1;. The second-order valence-electron chi connectivity index (χ2n) is 4.31. The predicted octanol–water partition coefficient (Wildman–Crippen LogP) is 3.56. The van der Waals surface area contributed by atoms with Crippen LogP contribution in [-0.2, 0) is 22.4 Å². The monoisotopic (exact) mass is 492 g/mol. The van der Waals surface area contributed by atoms with Gasteiger partial charge < -0.3 is 27.9 Å². The maximum absolute atomic E-state index is 8.07. The largest absolute Gasteiger partial charge is 0.396 e. The molecular weight excluding hydrogens is 449 g/mol. The van der Waals surface area contributed by atoms with Gasteiger partial charge in [-0.2, -0.15) is 0 Å². The summed E-state index contributed by atoms with van der Waals surface area (Å²) in [6.07, 6.45) is 8.15. The number of aliphatic hydroxyl groups is 4. The van der Waals surface area contributed by atoms with Gasteiger partial charge in [0.05, 0.1) is 0 Å². The van der Waals surface area contributed by atoms with E-state index in [-0.39, 0.29) is 29.8 Å². The van der Waals surface area contributed by atoms with Crippen molar-refractivity contribution in [3.05, 3.63) is 7.43 Å². The molecule has 4 N–H and O–H groups in total. The van der Waals surface area contributed by atoms with Crippen molar-refractivity contribution in [2.45, 2.75) is 79.1 Å². The van der Waals surface area contributed by atoms with Crippen LogP contribution in [0.3, 0.4) is 0 Å². The fourth-order valence-electron chi connectivity index (χ4n) is 0.632. The van der Waals surface area contributed by atoms with E-state index < -0.39 is 0 Å². The van der Waals surface area contributed by atoms with E-state index in [9.17, 15) is 0 Å². The molecule has 0 spiro atoms. The molecule has 0 fully saturated rings. The van der Waals surface area contributed by atoms with Gasteiger partial charge in [0.25, 0.3) is 0 Å². The molecule has 0 aliphatic rings. The molecule has 4 nitrogen and oxygen atoms in total. The van der Waals surface area contributed by atoms with Gasteiger partial charge in [-0.05, 0) is 25.7 Å². The molecule has 22 heavy (non-hydrogen) atoms. The fraction of sp³-hybridized carbons (Fsp3) is 0.941. The Labute approximate surface area is 155 Å². The SMILES string of the molecule is CCCCO.CCCCO.CCCCO.CCCCO.[CH3-].[Ta]. The van der Waals surface area contributed by atoms with Crippen molar-refractivity contribution in [2.24, 2.45) is 0 Å². The van der Waals surface area contributed by atoms with Crippen LogP contribution in [0.2, 0.25) is 0 Å².